The lowest BCUT2D eigenvalue weighted by Gasteiger charge is -2.43. The Balaban J connectivity index is 2.06. The molecule has 1 aliphatic heterocycles. The zero-order valence-corrected chi connectivity index (χ0v) is 16.6. The molecule has 1 aliphatic carbocycles. The maximum atomic E-state index is 12.0. The van der Waals surface area contributed by atoms with E-state index in [0.29, 0.717) is 5.57 Å². The molecule has 4 rings (SSSR count). The van der Waals surface area contributed by atoms with Crippen molar-refractivity contribution < 1.29 is 9.67 Å². The maximum Gasteiger partial charge on any atom is 0.217 e. The highest BCUT2D eigenvalue weighted by molar-refractivity contribution is 5.71. The maximum absolute atomic E-state index is 12.0. The van der Waals surface area contributed by atoms with Crippen molar-refractivity contribution in [3.8, 4) is 12.1 Å². The number of benzene rings is 1. The summed E-state index contributed by atoms with van der Waals surface area (Å²) >= 11 is 0. The molecule has 0 saturated heterocycles. The van der Waals surface area contributed by atoms with Gasteiger partial charge in [-0.25, -0.2) is 0 Å². The monoisotopic (exact) mass is 396 g/mol. The summed E-state index contributed by atoms with van der Waals surface area (Å²) in [6.07, 6.45) is 3.61. The molecule has 6 nitrogen and oxygen atoms in total. The van der Waals surface area contributed by atoms with Crippen LogP contribution in [0.25, 0.3) is 0 Å². The Morgan fingerprint density at radius 1 is 1.17 bits per heavy atom. The van der Waals surface area contributed by atoms with E-state index >= 15 is 0 Å². The number of nitrogens with one attached hydrogen (secondary N) is 2. The fourth-order valence-electron chi connectivity index (χ4n) is 4.48. The van der Waals surface area contributed by atoms with Gasteiger partial charge in [0.15, 0.2) is 11.9 Å². The molecule has 0 radical (unpaired) electrons. The molecular weight excluding hydrogens is 374 g/mol. The fraction of sp³-hybridized carbons (Fsp3) is 0.292. The minimum atomic E-state index is -1.38. The minimum absolute atomic E-state index is 0.0262. The number of aliphatic hydroxyl groups is 1. The van der Waals surface area contributed by atoms with Crippen LogP contribution in [0.1, 0.15) is 36.1 Å². The van der Waals surface area contributed by atoms with Crippen molar-refractivity contribution in [3.05, 3.63) is 82.8 Å². The van der Waals surface area contributed by atoms with Crippen molar-refractivity contribution in [1.29, 1.82) is 15.9 Å². The van der Waals surface area contributed by atoms with Crippen molar-refractivity contribution in [2.75, 3.05) is 0 Å². The predicted molar refractivity (Wildman–Crippen MR) is 110 cm³/mol. The number of pyridine rings is 1. The molecule has 6 heteroatoms. The van der Waals surface area contributed by atoms with Gasteiger partial charge in [0.1, 0.15) is 11.6 Å². The highest BCUT2D eigenvalue weighted by Gasteiger charge is 2.61. The van der Waals surface area contributed by atoms with Crippen LogP contribution in [0.4, 0.5) is 0 Å². The Morgan fingerprint density at radius 3 is 2.43 bits per heavy atom. The first-order valence-corrected chi connectivity index (χ1v) is 9.91. The zero-order chi connectivity index (χ0) is 21.3. The van der Waals surface area contributed by atoms with Crippen LogP contribution >= 0.6 is 0 Å². The Morgan fingerprint density at radius 2 is 1.87 bits per heavy atom. The van der Waals surface area contributed by atoms with Crippen molar-refractivity contribution in [2.45, 2.75) is 37.5 Å². The van der Waals surface area contributed by atoms with E-state index in [1.807, 2.05) is 72.3 Å². The van der Waals surface area contributed by atoms with Gasteiger partial charge in [0.25, 0.3) is 0 Å². The predicted octanol–water partition coefficient (Wildman–Crippen LogP) is 2.79. The van der Waals surface area contributed by atoms with Crippen molar-refractivity contribution in [1.82, 2.24) is 5.32 Å². The molecule has 1 saturated carbocycles. The SMILES string of the molecule is Cc1cccc[n+]1[C@@H]1[C@H](c2ccccc2)C(C#N)=C(C(=C=N)C#N)N[C@@]1(O)C1CC1. The molecule has 1 fully saturated rings. The molecule has 1 aromatic heterocycles. The van der Waals surface area contributed by atoms with Gasteiger partial charge >= 0.3 is 0 Å². The molecule has 0 unspecified atom stereocenters. The summed E-state index contributed by atoms with van der Waals surface area (Å²) in [5.41, 5.74) is 0.877. The summed E-state index contributed by atoms with van der Waals surface area (Å²) in [6, 6.07) is 19.1. The summed E-state index contributed by atoms with van der Waals surface area (Å²) in [7, 11) is 0. The average Bonchev–Trinajstić information content (AvgIpc) is 3.62. The summed E-state index contributed by atoms with van der Waals surface area (Å²) in [6.45, 7) is 1.97. The van der Waals surface area contributed by atoms with Gasteiger partial charge in [0.2, 0.25) is 11.8 Å². The van der Waals surface area contributed by atoms with Crippen LogP contribution in [-0.2, 0) is 0 Å². The topological polar surface area (TPSA) is 108 Å². The second-order valence-corrected chi connectivity index (χ2v) is 7.82. The molecule has 148 valence electrons. The van der Waals surface area contributed by atoms with Gasteiger partial charge in [-0.1, -0.05) is 36.4 Å². The third kappa shape index (κ3) is 3.09. The van der Waals surface area contributed by atoms with Crippen LogP contribution in [0.5, 0.6) is 0 Å². The van der Waals surface area contributed by atoms with Crippen molar-refractivity contribution >= 4 is 5.87 Å². The third-order valence-electron chi connectivity index (χ3n) is 6.04. The summed E-state index contributed by atoms with van der Waals surface area (Å²) in [5.74, 6) is 1.61. The molecule has 1 aromatic carbocycles. The molecule has 2 heterocycles. The van der Waals surface area contributed by atoms with E-state index < -0.39 is 17.7 Å². The van der Waals surface area contributed by atoms with Crippen LogP contribution in [0.15, 0.2) is 71.6 Å². The van der Waals surface area contributed by atoms with E-state index in [1.165, 1.54) is 0 Å². The quantitative estimate of drug-likeness (QED) is 0.419. The highest BCUT2D eigenvalue weighted by Crippen LogP contribution is 2.52. The van der Waals surface area contributed by atoms with E-state index in [1.54, 1.807) is 0 Å². The third-order valence-corrected chi connectivity index (χ3v) is 6.04. The van der Waals surface area contributed by atoms with E-state index in [0.717, 1.165) is 24.1 Å². The molecule has 3 atom stereocenters. The summed E-state index contributed by atoms with van der Waals surface area (Å²) < 4.78 is 2.01. The largest absolute Gasteiger partial charge is 0.365 e. The second kappa shape index (κ2) is 7.61. The number of allylic oxidation sites excluding steroid dienone is 2. The van der Waals surface area contributed by atoms with Gasteiger partial charge in [-0.15, -0.1) is 0 Å². The molecule has 2 aromatic rings. The van der Waals surface area contributed by atoms with Gasteiger partial charge < -0.3 is 10.4 Å². The standard InChI is InChI=1S/C24H22N5O/c1-16-7-5-6-12-29(16)23-21(17-8-3-2-4-9-17)20(15-27)22(18(13-25)14-26)28-24(23,30)19-10-11-19/h2-9,12,19,21,23,25,28,30H,10-11H2,1H3/q+1/t21-,23-,24-/m1/s1. The number of hydrogen-bond acceptors (Lipinski definition) is 5. The number of rotatable bonds is 4. The first-order chi connectivity index (χ1) is 14.5. The van der Waals surface area contributed by atoms with Crippen LogP contribution in [0.2, 0.25) is 0 Å². The van der Waals surface area contributed by atoms with E-state index in [4.69, 9.17) is 5.41 Å². The smallest absolute Gasteiger partial charge is 0.217 e. The first kappa shape index (κ1) is 19.6. The molecular formula is C24H22N5O+. The lowest BCUT2D eigenvalue weighted by atomic mass is 9.73. The van der Waals surface area contributed by atoms with Crippen molar-refractivity contribution in [2.24, 2.45) is 5.92 Å². The first-order valence-electron chi connectivity index (χ1n) is 9.91. The van der Waals surface area contributed by atoms with Crippen LogP contribution in [-0.4, -0.2) is 16.7 Å². The van der Waals surface area contributed by atoms with Gasteiger partial charge in [0.05, 0.1) is 23.3 Å². The number of aryl methyl sites for hydroxylation is 1. The van der Waals surface area contributed by atoms with Crippen molar-refractivity contribution in [3.63, 3.8) is 0 Å². The summed E-state index contributed by atoms with van der Waals surface area (Å²) in [4.78, 5) is 0. The molecule has 0 bridgehead atoms. The molecule has 30 heavy (non-hydrogen) atoms. The molecule has 3 N–H and O–H groups in total. The molecule has 2 aliphatic rings. The normalized spacial score (nSPS) is 25.5. The number of hydrogen-bond donors (Lipinski definition) is 3. The van der Waals surface area contributed by atoms with Crippen LogP contribution in [0, 0.1) is 40.9 Å². The average molecular weight is 396 g/mol. The molecule has 0 amide bonds. The minimum Gasteiger partial charge on any atom is -0.365 e. The number of aromatic nitrogens is 1. The van der Waals surface area contributed by atoms with E-state index in [-0.39, 0.29) is 17.2 Å². The number of nitrogens with zero attached hydrogens (tertiary/aromatic N) is 3. The van der Waals surface area contributed by atoms with E-state index in [9.17, 15) is 15.6 Å². The Labute approximate surface area is 175 Å². The van der Waals surface area contributed by atoms with Crippen LogP contribution in [0.3, 0.4) is 0 Å². The Hall–Kier alpha value is -3.70. The zero-order valence-electron chi connectivity index (χ0n) is 16.6. The molecule has 0 spiro atoms. The van der Waals surface area contributed by atoms with Gasteiger partial charge in [-0.05, 0) is 24.3 Å². The number of nitriles is 2. The lowest BCUT2D eigenvalue weighted by molar-refractivity contribution is -0.747. The Bertz CT molecular complexity index is 1150. The Kier molecular flexibility index (Phi) is 4.98. The van der Waals surface area contributed by atoms with Gasteiger partial charge in [0, 0.05) is 25.0 Å². The highest BCUT2D eigenvalue weighted by atomic mass is 16.3. The fourth-order valence-corrected chi connectivity index (χ4v) is 4.48. The summed E-state index contributed by atoms with van der Waals surface area (Å²) in [5, 5.41) is 42.4. The van der Waals surface area contributed by atoms with E-state index in [2.05, 4.69) is 17.3 Å². The van der Waals surface area contributed by atoms with Gasteiger partial charge in [-0.2, -0.15) is 15.1 Å². The van der Waals surface area contributed by atoms with Gasteiger partial charge in [-0.3, -0.25) is 5.41 Å². The van der Waals surface area contributed by atoms with Crippen LogP contribution < -0.4 is 9.88 Å². The second-order valence-electron chi connectivity index (χ2n) is 7.82. The lowest BCUT2D eigenvalue weighted by Crippen LogP contribution is -2.66.